The molecule has 0 radical (unpaired) electrons. The van der Waals surface area contributed by atoms with Crippen molar-refractivity contribution >= 4 is 12.0 Å². The summed E-state index contributed by atoms with van der Waals surface area (Å²) in [6, 6.07) is 5.62. The van der Waals surface area contributed by atoms with Gasteiger partial charge in [-0.05, 0) is 37.6 Å². The van der Waals surface area contributed by atoms with Crippen molar-refractivity contribution in [3.05, 3.63) is 41.2 Å². The van der Waals surface area contributed by atoms with Crippen molar-refractivity contribution in [3.8, 4) is 0 Å². The highest BCUT2D eigenvalue weighted by atomic mass is 16.6. The van der Waals surface area contributed by atoms with Crippen molar-refractivity contribution in [3.63, 3.8) is 0 Å². The number of cyclic esters (lactones) is 1. The summed E-state index contributed by atoms with van der Waals surface area (Å²) in [6.07, 6.45) is 3.45. The van der Waals surface area contributed by atoms with E-state index in [2.05, 4.69) is 0 Å². The van der Waals surface area contributed by atoms with Crippen molar-refractivity contribution in [2.75, 3.05) is 7.11 Å². The molecule has 0 aliphatic carbocycles. The van der Waals surface area contributed by atoms with Crippen molar-refractivity contribution in [1.82, 2.24) is 0 Å². The highest BCUT2D eigenvalue weighted by Crippen LogP contribution is 2.36. The topological polar surface area (TPSA) is 35.5 Å². The molecule has 3 nitrogen and oxygen atoms in total. The normalized spacial score (nSPS) is 17.3. The fourth-order valence-electron chi connectivity index (χ4n) is 1.83. The van der Waals surface area contributed by atoms with Crippen LogP contribution < -0.4 is 0 Å². The lowest BCUT2D eigenvalue weighted by Gasteiger charge is -2.17. The first kappa shape index (κ1) is 10.7. The third-order valence-corrected chi connectivity index (χ3v) is 2.66. The Morgan fingerprint density at radius 2 is 2.12 bits per heavy atom. The van der Waals surface area contributed by atoms with Gasteiger partial charge in [-0.15, -0.1) is 0 Å². The fourth-order valence-corrected chi connectivity index (χ4v) is 1.83. The number of hydrogen-bond donors (Lipinski definition) is 0. The molecule has 1 aromatic carbocycles. The van der Waals surface area contributed by atoms with E-state index in [9.17, 15) is 4.79 Å². The molecule has 16 heavy (non-hydrogen) atoms. The summed E-state index contributed by atoms with van der Waals surface area (Å²) in [5.41, 5.74) is 2.03. The van der Waals surface area contributed by atoms with E-state index >= 15 is 0 Å². The Bertz CT molecular complexity index is 458. The van der Waals surface area contributed by atoms with E-state index in [0.717, 1.165) is 11.1 Å². The molecule has 3 heteroatoms. The first-order chi connectivity index (χ1) is 7.54. The standard InChI is InChI=1S/C13H14O3/c1-13(2)11-8-9(6-7-15-3)4-5-10(11)12(14)16-13/h4-8H,1-3H3/b7-6+. The van der Waals surface area contributed by atoms with Gasteiger partial charge in [-0.2, -0.15) is 0 Å². The number of carbonyl (C=O) groups excluding carboxylic acids is 1. The van der Waals surface area contributed by atoms with Gasteiger partial charge in [-0.3, -0.25) is 0 Å². The summed E-state index contributed by atoms with van der Waals surface area (Å²) < 4.78 is 10.1. The maximum atomic E-state index is 11.5. The third kappa shape index (κ3) is 1.69. The Kier molecular flexibility index (Phi) is 2.46. The van der Waals surface area contributed by atoms with Crippen LogP contribution in [0.15, 0.2) is 24.5 Å². The largest absolute Gasteiger partial charge is 0.504 e. The van der Waals surface area contributed by atoms with E-state index in [4.69, 9.17) is 9.47 Å². The van der Waals surface area contributed by atoms with Gasteiger partial charge in [-0.1, -0.05) is 6.07 Å². The predicted octanol–water partition coefficient (Wildman–Crippen LogP) is 2.71. The Hall–Kier alpha value is -1.77. The maximum absolute atomic E-state index is 11.5. The number of esters is 1. The molecule has 0 fully saturated rings. The summed E-state index contributed by atoms with van der Waals surface area (Å²) in [7, 11) is 1.60. The van der Waals surface area contributed by atoms with Crippen LogP contribution in [0.2, 0.25) is 0 Å². The lowest BCUT2D eigenvalue weighted by molar-refractivity contribution is 0.00954. The minimum atomic E-state index is -0.538. The zero-order valence-corrected chi connectivity index (χ0v) is 9.61. The van der Waals surface area contributed by atoms with Gasteiger partial charge in [0.2, 0.25) is 0 Å². The van der Waals surface area contributed by atoms with Crippen LogP contribution in [0, 0.1) is 0 Å². The summed E-state index contributed by atoms with van der Waals surface area (Å²) in [5, 5.41) is 0. The Balaban J connectivity index is 2.46. The second-order valence-electron chi connectivity index (χ2n) is 4.24. The number of hydrogen-bond acceptors (Lipinski definition) is 3. The molecule has 0 unspecified atom stereocenters. The Morgan fingerprint density at radius 1 is 1.38 bits per heavy atom. The van der Waals surface area contributed by atoms with Gasteiger partial charge in [0, 0.05) is 5.56 Å². The molecule has 84 valence electrons. The van der Waals surface area contributed by atoms with Crippen LogP contribution in [-0.4, -0.2) is 13.1 Å². The number of ether oxygens (including phenoxy) is 2. The minimum absolute atomic E-state index is 0.248. The van der Waals surface area contributed by atoms with Crippen molar-refractivity contribution in [2.24, 2.45) is 0 Å². The van der Waals surface area contributed by atoms with Crippen LogP contribution in [0.4, 0.5) is 0 Å². The van der Waals surface area contributed by atoms with E-state index in [-0.39, 0.29) is 5.97 Å². The van der Waals surface area contributed by atoms with Gasteiger partial charge in [0.1, 0.15) is 5.60 Å². The lowest BCUT2D eigenvalue weighted by Crippen LogP contribution is -2.16. The molecule has 0 aromatic heterocycles. The molecule has 0 amide bonds. The number of rotatable bonds is 2. The number of benzene rings is 1. The summed E-state index contributed by atoms with van der Waals surface area (Å²) >= 11 is 0. The highest BCUT2D eigenvalue weighted by molar-refractivity contribution is 5.95. The maximum Gasteiger partial charge on any atom is 0.339 e. The molecule has 1 heterocycles. The molecule has 1 aliphatic heterocycles. The molecule has 0 N–H and O–H groups in total. The van der Waals surface area contributed by atoms with Crippen molar-refractivity contribution in [2.45, 2.75) is 19.4 Å². The van der Waals surface area contributed by atoms with Gasteiger partial charge >= 0.3 is 5.97 Å². The molecule has 0 saturated carbocycles. The average Bonchev–Trinajstić information content (AvgIpc) is 2.47. The van der Waals surface area contributed by atoms with Crippen LogP contribution in [0.25, 0.3) is 6.08 Å². The minimum Gasteiger partial charge on any atom is -0.504 e. The SMILES string of the molecule is CO/C=C/c1ccc2c(c1)C(C)(C)OC2=O. The van der Waals surface area contributed by atoms with Gasteiger partial charge in [0.15, 0.2) is 0 Å². The van der Waals surface area contributed by atoms with E-state index in [1.54, 1.807) is 19.4 Å². The van der Waals surface area contributed by atoms with Crippen molar-refractivity contribution in [1.29, 1.82) is 0 Å². The zero-order chi connectivity index (χ0) is 11.8. The third-order valence-electron chi connectivity index (χ3n) is 2.66. The highest BCUT2D eigenvalue weighted by Gasteiger charge is 2.37. The van der Waals surface area contributed by atoms with Gasteiger partial charge in [-0.25, -0.2) is 4.79 Å². The molecule has 1 aromatic rings. The van der Waals surface area contributed by atoms with Gasteiger partial charge < -0.3 is 9.47 Å². The second kappa shape index (κ2) is 3.67. The molecular formula is C13H14O3. The smallest absolute Gasteiger partial charge is 0.339 e. The van der Waals surface area contributed by atoms with Crippen molar-refractivity contribution < 1.29 is 14.3 Å². The molecule has 0 spiro atoms. The van der Waals surface area contributed by atoms with E-state index in [1.807, 2.05) is 32.1 Å². The molecule has 0 atom stereocenters. The molecule has 2 rings (SSSR count). The van der Waals surface area contributed by atoms with Gasteiger partial charge in [0.05, 0.1) is 18.9 Å². The summed E-state index contributed by atoms with van der Waals surface area (Å²) in [6.45, 7) is 3.78. The van der Waals surface area contributed by atoms with Crippen LogP contribution in [0.1, 0.15) is 35.3 Å². The predicted molar refractivity (Wildman–Crippen MR) is 60.9 cm³/mol. The lowest BCUT2D eigenvalue weighted by atomic mass is 9.94. The summed E-state index contributed by atoms with van der Waals surface area (Å²) in [4.78, 5) is 11.5. The zero-order valence-electron chi connectivity index (χ0n) is 9.61. The quantitative estimate of drug-likeness (QED) is 0.565. The number of fused-ring (bicyclic) bond motifs is 1. The van der Waals surface area contributed by atoms with Crippen LogP contribution >= 0.6 is 0 Å². The van der Waals surface area contributed by atoms with Crippen LogP contribution in [-0.2, 0) is 15.1 Å². The Labute approximate surface area is 94.7 Å². The first-order valence-electron chi connectivity index (χ1n) is 5.12. The van der Waals surface area contributed by atoms with Crippen LogP contribution in [0.3, 0.4) is 0 Å². The molecular weight excluding hydrogens is 204 g/mol. The Morgan fingerprint density at radius 3 is 2.81 bits per heavy atom. The molecule has 0 bridgehead atoms. The van der Waals surface area contributed by atoms with Crippen LogP contribution in [0.5, 0.6) is 0 Å². The van der Waals surface area contributed by atoms with E-state index in [0.29, 0.717) is 5.56 Å². The van der Waals surface area contributed by atoms with Gasteiger partial charge in [0.25, 0.3) is 0 Å². The molecule has 0 saturated heterocycles. The number of carbonyl (C=O) groups is 1. The number of methoxy groups -OCH3 is 1. The monoisotopic (exact) mass is 218 g/mol. The summed E-state index contributed by atoms with van der Waals surface area (Å²) in [5.74, 6) is -0.248. The van der Waals surface area contributed by atoms with E-state index < -0.39 is 5.60 Å². The second-order valence-corrected chi connectivity index (χ2v) is 4.24. The average molecular weight is 218 g/mol. The first-order valence-corrected chi connectivity index (χ1v) is 5.12. The fraction of sp³-hybridized carbons (Fsp3) is 0.308. The molecule has 1 aliphatic rings. The van der Waals surface area contributed by atoms with E-state index in [1.165, 1.54) is 0 Å².